The predicted octanol–water partition coefficient (Wildman–Crippen LogP) is 15.3. The minimum atomic E-state index is -2.65. The van der Waals surface area contributed by atoms with Crippen LogP contribution in [-0.2, 0) is 0 Å². The Morgan fingerprint density at radius 3 is 1.48 bits per heavy atom. The van der Waals surface area contributed by atoms with Crippen molar-refractivity contribution < 1.29 is 0 Å². The highest BCUT2D eigenvalue weighted by atomic mass is 32.1. The molecule has 1 aliphatic heterocycles. The molecule has 13 aromatic rings. The van der Waals surface area contributed by atoms with Crippen molar-refractivity contribution in [2.24, 2.45) is 0 Å². The van der Waals surface area contributed by atoms with Crippen molar-refractivity contribution in [2.75, 3.05) is 4.90 Å². The molecule has 0 radical (unpaired) electrons. The molecule has 0 spiro atoms. The van der Waals surface area contributed by atoms with Crippen molar-refractivity contribution in [3.8, 4) is 22.3 Å². The number of hydrogen-bond donors (Lipinski definition) is 0. The van der Waals surface area contributed by atoms with Gasteiger partial charge in [0.15, 0.2) is 8.07 Å². The lowest BCUT2D eigenvalue weighted by Crippen LogP contribution is -2.72. The van der Waals surface area contributed by atoms with Crippen LogP contribution in [0.25, 0.3) is 82.8 Å². The Morgan fingerprint density at radius 2 is 0.831 bits per heavy atom. The van der Waals surface area contributed by atoms with Gasteiger partial charge in [-0.25, -0.2) is 0 Å². The highest BCUT2D eigenvalue weighted by molar-refractivity contribution is 7.27. The lowest BCUT2D eigenvalue weighted by Gasteiger charge is -2.31. The molecule has 0 unspecified atom stereocenters. The molecule has 304 valence electrons. The standard InChI is InChI=1S/C60H37NS3Si/c1-3-16-40(17-4-1)65(41-18-5-2-6-19-41)54-31-12-9-22-47(54)57-55(65)37-36-53-58(57)56-42(23-15-30-52(56)62-53)38-32-34-39(35-33-38)61(48-26-13-24-45-43-20-7-10-28-50(43)63-59(45)48)49-27-14-25-46-44-21-8-11-29-51(44)64-60(46)49/h1-37H. The Balaban J connectivity index is 0.992. The van der Waals surface area contributed by atoms with E-state index in [1.807, 2.05) is 34.0 Å². The molecule has 14 rings (SSSR count). The van der Waals surface area contributed by atoms with E-state index in [1.165, 1.54) is 115 Å². The van der Waals surface area contributed by atoms with Crippen LogP contribution >= 0.6 is 34.0 Å². The van der Waals surface area contributed by atoms with Gasteiger partial charge in [0.1, 0.15) is 0 Å². The zero-order chi connectivity index (χ0) is 42.6. The first kappa shape index (κ1) is 37.3. The third-order valence-electron chi connectivity index (χ3n) is 13.8. The van der Waals surface area contributed by atoms with E-state index in [0.717, 1.165) is 5.69 Å². The second kappa shape index (κ2) is 14.4. The third kappa shape index (κ3) is 5.35. The molecular formula is C60H37NS3Si. The second-order valence-electron chi connectivity index (χ2n) is 17.1. The van der Waals surface area contributed by atoms with Crippen LogP contribution in [0.5, 0.6) is 0 Å². The highest BCUT2D eigenvalue weighted by Crippen LogP contribution is 2.50. The number of hydrogen-bond acceptors (Lipinski definition) is 4. The summed E-state index contributed by atoms with van der Waals surface area (Å²) >= 11 is 5.70. The van der Waals surface area contributed by atoms with Crippen LogP contribution in [0.3, 0.4) is 0 Å². The first-order chi connectivity index (χ1) is 32.3. The molecule has 0 saturated heterocycles. The molecule has 0 saturated carbocycles. The number of thiophene rings is 3. The molecule has 0 amide bonds. The molecule has 0 bridgehead atoms. The van der Waals surface area contributed by atoms with E-state index in [1.54, 1.807) is 0 Å². The Labute approximate surface area is 389 Å². The van der Waals surface area contributed by atoms with Gasteiger partial charge in [0.2, 0.25) is 0 Å². The summed E-state index contributed by atoms with van der Waals surface area (Å²) in [5.74, 6) is 0. The third-order valence-corrected chi connectivity index (χ3v) is 22.2. The molecule has 65 heavy (non-hydrogen) atoms. The molecule has 0 N–H and O–H groups in total. The maximum atomic E-state index is 2.51. The summed E-state index contributed by atoms with van der Waals surface area (Å²) in [4.78, 5) is 2.51. The van der Waals surface area contributed by atoms with Crippen LogP contribution in [0, 0.1) is 0 Å². The predicted molar refractivity (Wildman–Crippen MR) is 288 cm³/mol. The molecular weight excluding hydrogens is 859 g/mol. The molecule has 0 aliphatic carbocycles. The quantitative estimate of drug-likeness (QED) is 0.150. The van der Waals surface area contributed by atoms with Gasteiger partial charge in [0.25, 0.3) is 0 Å². The van der Waals surface area contributed by atoms with Gasteiger partial charge in [-0.1, -0.05) is 176 Å². The normalized spacial score (nSPS) is 13.0. The molecule has 0 fully saturated rings. The summed E-state index contributed by atoms with van der Waals surface area (Å²) < 4.78 is 7.87. The van der Waals surface area contributed by atoms with Crippen molar-refractivity contribution in [3.63, 3.8) is 0 Å². The van der Waals surface area contributed by atoms with Gasteiger partial charge in [-0.15, -0.1) is 34.0 Å². The van der Waals surface area contributed by atoms with E-state index in [-0.39, 0.29) is 0 Å². The van der Waals surface area contributed by atoms with Crippen molar-refractivity contribution in [2.45, 2.75) is 0 Å². The lowest BCUT2D eigenvalue weighted by molar-refractivity contribution is 1.32. The first-order valence-corrected chi connectivity index (χ1v) is 26.6. The van der Waals surface area contributed by atoms with Gasteiger partial charge in [-0.2, -0.15) is 0 Å². The molecule has 3 aromatic heterocycles. The van der Waals surface area contributed by atoms with Crippen LogP contribution in [0.1, 0.15) is 0 Å². The minimum Gasteiger partial charge on any atom is -0.308 e. The summed E-state index contributed by atoms with van der Waals surface area (Å²) in [5.41, 5.74) is 8.82. The smallest absolute Gasteiger partial charge is 0.180 e. The molecule has 4 heterocycles. The van der Waals surface area contributed by atoms with E-state index in [2.05, 4.69) is 229 Å². The minimum absolute atomic E-state index is 1.14. The maximum Gasteiger partial charge on any atom is 0.180 e. The van der Waals surface area contributed by atoms with Crippen LogP contribution in [0.2, 0.25) is 0 Å². The fourth-order valence-electron chi connectivity index (χ4n) is 11.1. The summed E-state index contributed by atoms with van der Waals surface area (Å²) in [6, 6.07) is 84.5. The lowest BCUT2D eigenvalue weighted by atomic mass is 9.94. The van der Waals surface area contributed by atoms with E-state index >= 15 is 0 Å². The number of fused-ring (bicyclic) bond motifs is 13. The Hall–Kier alpha value is -7.12. The van der Waals surface area contributed by atoms with Crippen molar-refractivity contribution >= 4 is 140 Å². The molecule has 5 heteroatoms. The summed E-state index contributed by atoms with van der Waals surface area (Å²) in [6.07, 6.45) is 0. The van der Waals surface area contributed by atoms with Crippen molar-refractivity contribution in [1.29, 1.82) is 0 Å². The Kier molecular flexibility index (Phi) is 8.28. The van der Waals surface area contributed by atoms with Crippen LogP contribution < -0.4 is 25.6 Å². The molecule has 1 aliphatic rings. The Morgan fingerprint density at radius 1 is 0.323 bits per heavy atom. The fraction of sp³-hybridized carbons (Fsp3) is 0. The van der Waals surface area contributed by atoms with Crippen LogP contribution in [0.4, 0.5) is 17.1 Å². The zero-order valence-electron chi connectivity index (χ0n) is 35.0. The van der Waals surface area contributed by atoms with E-state index < -0.39 is 8.07 Å². The number of nitrogens with zero attached hydrogens (tertiary/aromatic N) is 1. The molecule has 1 nitrogen and oxygen atoms in total. The zero-order valence-corrected chi connectivity index (χ0v) is 38.5. The largest absolute Gasteiger partial charge is 0.308 e. The summed E-state index contributed by atoms with van der Waals surface area (Å²) in [6.45, 7) is 0. The average Bonchev–Trinajstić information content (AvgIpc) is 4.14. The van der Waals surface area contributed by atoms with Crippen molar-refractivity contribution in [3.05, 3.63) is 224 Å². The number of benzene rings is 10. The number of rotatable bonds is 6. The second-order valence-corrected chi connectivity index (χ2v) is 24.0. The number of anilines is 3. The summed E-state index contributed by atoms with van der Waals surface area (Å²) in [5, 5.41) is 13.7. The summed E-state index contributed by atoms with van der Waals surface area (Å²) in [7, 11) is -2.65. The van der Waals surface area contributed by atoms with Gasteiger partial charge in [0, 0.05) is 56.8 Å². The molecule has 10 aromatic carbocycles. The van der Waals surface area contributed by atoms with Gasteiger partial charge in [0.05, 0.1) is 20.8 Å². The highest BCUT2D eigenvalue weighted by Gasteiger charge is 2.49. The van der Waals surface area contributed by atoms with Crippen LogP contribution in [-0.4, -0.2) is 8.07 Å². The van der Waals surface area contributed by atoms with Gasteiger partial charge < -0.3 is 4.90 Å². The van der Waals surface area contributed by atoms with Crippen LogP contribution in [0.15, 0.2) is 224 Å². The monoisotopic (exact) mass is 895 g/mol. The first-order valence-electron chi connectivity index (χ1n) is 22.2. The molecule has 0 atom stereocenters. The van der Waals surface area contributed by atoms with E-state index in [9.17, 15) is 0 Å². The SMILES string of the molecule is c1ccc([Si]2(c3ccccc3)c3ccccc3-c3c2ccc2sc4cccc(-c5ccc(N(c6cccc7c6sc6ccccc67)c6cccc7c6sc6ccccc67)cc5)c4c32)cc1. The van der Waals surface area contributed by atoms with Gasteiger partial charge in [-0.05, 0) is 91.5 Å². The van der Waals surface area contributed by atoms with Crippen molar-refractivity contribution in [1.82, 2.24) is 0 Å². The van der Waals surface area contributed by atoms with E-state index in [0.29, 0.717) is 0 Å². The van der Waals surface area contributed by atoms with Gasteiger partial charge >= 0.3 is 0 Å². The Bertz CT molecular complexity index is 3860. The maximum absolute atomic E-state index is 2.65. The topological polar surface area (TPSA) is 3.24 Å². The average molecular weight is 896 g/mol. The van der Waals surface area contributed by atoms with Gasteiger partial charge in [-0.3, -0.25) is 0 Å². The fourth-order valence-corrected chi connectivity index (χ4v) is 19.8. The van der Waals surface area contributed by atoms with E-state index in [4.69, 9.17) is 0 Å².